The third-order valence-corrected chi connectivity index (χ3v) is 2.78. The molecule has 0 bridgehead atoms. The van der Waals surface area contributed by atoms with Gasteiger partial charge in [-0.3, -0.25) is 9.48 Å². The molecule has 0 saturated heterocycles. The van der Waals surface area contributed by atoms with Gasteiger partial charge in [0.25, 0.3) is 5.91 Å². The fourth-order valence-electron chi connectivity index (χ4n) is 1.72. The maximum Gasteiger partial charge on any atom is 0.251 e. The van der Waals surface area contributed by atoms with Crippen LogP contribution in [0.5, 0.6) is 5.75 Å². The highest BCUT2D eigenvalue weighted by atomic mass is 16.5. The molecule has 5 heteroatoms. The second-order valence-electron chi connectivity index (χ2n) is 4.09. The van der Waals surface area contributed by atoms with Crippen molar-refractivity contribution >= 4 is 5.91 Å². The minimum atomic E-state index is -0.107. The maximum absolute atomic E-state index is 11.9. The summed E-state index contributed by atoms with van der Waals surface area (Å²) >= 11 is 0. The van der Waals surface area contributed by atoms with Crippen molar-refractivity contribution in [2.75, 3.05) is 6.61 Å². The average molecular weight is 259 g/mol. The number of nitrogens with zero attached hydrogens (tertiary/aromatic N) is 2. The van der Waals surface area contributed by atoms with E-state index in [0.717, 1.165) is 11.4 Å². The lowest BCUT2D eigenvalue weighted by molar-refractivity contribution is 0.0950. The molecule has 5 nitrogen and oxygen atoms in total. The van der Waals surface area contributed by atoms with Gasteiger partial charge in [0.1, 0.15) is 5.75 Å². The first-order valence-electron chi connectivity index (χ1n) is 6.18. The van der Waals surface area contributed by atoms with Crippen molar-refractivity contribution in [3.05, 3.63) is 47.8 Å². The Balaban J connectivity index is 1.94. The third-order valence-electron chi connectivity index (χ3n) is 2.78. The predicted octanol–water partition coefficient (Wildman–Crippen LogP) is 1.75. The maximum atomic E-state index is 11.9. The van der Waals surface area contributed by atoms with Gasteiger partial charge in [0.15, 0.2) is 0 Å². The first-order valence-corrected chi connectivity index (χ1v) is 6.18. The van der Waals surface area contributed by atoms with Crippen LogP contribution in [-0.4, -0.2) is 22.3 Å². The van der Waals surface area contributed by atoms with Crippen LogP contribution in [0.2, 0.25) is 0 Å². The number of hydrogen-bond acceptors (Lipinski definition) is 3. The van der Waals surface area contributed by atoms with Crippen LogP contribution in [0.4, 0.5) is 0 Å². The van der Waals surface area contributed by atoms with E-state index in [-0.39, 0.29) is 5.91 Å². The molecule has 1 aromatic heterocycles. The molecule has 1 aromatic carbocycles. The van der Waals surface area contributed by atoms with E-state index >= 15 is 0 Å². The summed E-state index contributed by atoms with van der Waals surface area (Å²) in [4.78, 5) is 11.9. The number of nitrogens with one attached hydrogen (secondary N) is 1. The van der Waals surface area contributed by atoms with Crippen LogP contribution in [0.25, 0.3) is 0 Å². The molecule has 2 aromatic rings. The van der Waals surface area contributed by atoms with Crippen molar-refractivity contribution in [1.29, 1.82) is 0 Å². The van der Waals surface area contributed by atoms with Crippen molar-refractivity contribution in [3.63, 3.8) is 0 Å². The Morgan fingerprint density at radius 3 is 2.63 bits per heavy atom. The number of ether oxygens (including phenoxy) is 1. The van der Waals surface area contributed by atoms with Gasteiger partial charge in [-0.15, -0.1) is 0 Å². The fraction of sp³-hybridized carbons (Fsp3) is 0.286. The number of hydrogen-bond donors (Lipinski definition) is 1. The molecule has 2 rings (SSSR count). The Labute approximate surface area is 112 Å². The van der Waals surface area contributed by atoms with Gasteiger partial charge in [0.05, 0.1) is 18.8 Å². The van der Waals surface area contributed by atoms with E-state index < -0.39 is 0 Å². The molecule has 0 fully saturated rings. The van der Waals surface area contributed by atoms with Crippen LogP contribution in [-0.2, 0) is 13.6 Å². The van der Waals surface area contributed by atoms with Gasteiger partial charge in [-0.05, 0) is 37.3 Å². The molecule has 1 amide bonds. The van der Waals surface area contributed by atoms with E-state index in [1.165, 1.54) is 0 Å². The van der Waals surface area contributed by atoms with Crippen LogP contribution in [0.3, 0.4) is 0 Å². The van der Waals surface area contributed by atoms with Gasteiger partial charge in [0, 0.05) is 18.8 Å². The molecule has 1 N–H and O–H groups in total. The summed E-state index contributed by atoms with van der Waals surface area (Å²) in [7, 11) is 1.85. The highest BCUT2D eigenvalue weighted by Crippen LogP contribution is 2.12. The van der Waals surface area contributed by atoms with E-state index in [9.17, 15) is 4.79 Å². The minimum absolute atomic E-state index is 0.107. The molecule has 0 atom stereocenters. The predicted molar refractivity (Wildman–Crippen MR) is 72.0 cm³/mol. The molecule has 0 saturated carbocycles. The summed E-state index contributed by atoms with van der Waals surface area (Å²) in [6, 6.07) is 8.97. The summed E-state index contributed by atoms with van der Waals surface area (Å²) in [5.41, 5.74) is 1.57. The topological polar surface area (TPSA) is 56.1 Å². The van der Waals surface area contributed by atoms with Gasteiger partial charge in [-0.1, -0.05) is 0 Å². The van der Waals surface area contributed by atoms with Gasteiger partial charge < -0.3 is 10.1 Å². The number of rotatable bonds is 5. The van der Waals surface area contributed by atoms with Crippen molar-refractivity contribution in [2.45, 2.75) is 13.5 Å². The van der Waals surface area contributed by atoms with Crippen molar-refractivity contribution in [2.24, 2.45) is 7.05 Å². The molecule has 1 heterocycles. The fourth-order valence-corrected chi connectivity index (χ4v) is 1.72. The van der Waals surface area contributed by atoms with E-state index in [4.69, 9.17) is 4.74 Å². The molecule has 19 heavy (non-hydrogen) atoms. The second-order valence-corrected chi connectivity index (χ2v) is 4.09. The van der Waals surface area contributed by atoms with Crippen LogP contribution >= 0.6 is 0 Å². The van der Waals surface area contributed by atoms with Gasteiger partial charge >= 0.3 is 0 Å². The highest BCUT2D eigenvalue weighted by Gasteiger charge is 2.06. The minimum Gasteiger partial charge on any atom is -0.494 e. The highest BCUT2D eigenvalue weighted by molar-refractivity contribution is 5.94. The summed E-state index contributed by atoms with van der Waals surface area (Å²) in [6.45, 7) is 3.00. The molecule has 0 aliphatic rings. The smallest absolute Gasteiger partial charge is 0.251 e. The molecule has 0 aliphatic heterocycles. The number of carbonyl (C=O) groups is 1. The summed E-state index contributed by atoms with van der Waals surface area (Å²) in [5.74, 6) is 0.662. The van der Waals surface area contributed by atoms with Crippen LogP contribution in [0.1, 0.15) is 23.0 Å². The number of aryl methyl sites for hydroxylation is 1. The van der Waals surface area contributed by atoms with E-state index in [2.05, 4.69) is 10.4 Å². The zero-order chi connectivity index (χ0) is 13.7. The molecule has 100 valence electrons. The van der Waals surface area contributed by atoms with Gasteiger partial charge in [-0.2, -0.15) is 5.10 Å². The number of amides is 1. The second kappa shape index (κ2) is 6.04. The molecule has 0 aliphatic carbocycles. The molecular formula is C14H17N3O2. The Kier molecular flexibility index (Phi) is 4.18. The average Bonchev–Trinajstić information content (AvgIpc) is 2.83. The summed E-state index contributed by atoms with van der Waals surface area (Å²) in [6.07, 6.45) is 1.71. The lowest BCUT2D eigenvalue weighted by Crippen LogP contribution is -2.23. The van der Waals surface area contributed by atoms with Gasteiger partial charge in [-0.25, -0.2) is 0 Å². The first kappa shape index (κ1) is 13.1. The lowest BCUT2D eigenvalue weighted by Gasteiger charge is -2.07. The SMILES string of the molecule is CCOc1ccc(C(=O)NCc2ccnn2C)cc1. The molecule has 0 spiro atoms. The van der Waals surface area contributed by atoms with Crippen molar-refractivity contribution in [1.82, 2.24) is 15.1 Å². The Bertz CT molecular complexity index is 546. The van der Waals surface area contributed by atoms with Crippen LogP contribution < -0.4 is 10.1 Å². The standard InChI is InChI=1S/C14H17N3O2/c1-3-19-13-6-4-11(5-7-13)14(18)15-10-12-8-9-16-17(12)2/h4-9H,3,10H2,1-2H3,(H,15,18). The van der Waals surface area contributed by atoms with E-state index in [1.54, 1.807) is 35.1 Å². The molecular weight excluding hydrogens is 242 g/mol. The Hall–Kier alpha value is -2.30. The Morgan fingerprint density at radius 1 is 1.32 bits per heavy atom. The third kappa shape index (κ3) is 3.34. The first-order chi connectivity index (χ1) is 9.20. The normalized spacial score (nSPS) is 10.2. The number of carbonyl (C=O) groups excluding carboxylic acids is 1. The van der Waals surface area contributed by atoms with Crippen molar-refractivity contribution < 1.29 is 9.53 Å². The summed E-state index contributed by atoms with van der Waals surface area (Å²) in [5, 5.41) is 6.90. The monoisotopic (exact) mass is 259 g/mol. The molecule has 0 unspecified atom stereocenters. The Morgan fingerprint density at radius 2 is 2.05 bits per heavy atom. The van der Waals surface area contributed by atoms with Gasteiger partial charge in [0.2, 0.25) is 0 Å². The van der Waals surface area contributed by atoms with E-state index in [1.807, 2.05) is 20.0 Å². The molecule has 0 radical (unpaired) electrons. The summed E-state index contributed by atoms with van der Waals surface area (Å²) < 4.78 is 7.07. The van der Waals surface area contributed by atoms with E-state index in [0.29, 0.717) is 18.7 Å². The number of benzene rings is 1. The van der Waals surface area contributed by atoms with Crippen LogP contribution in [0.15, 0.2) is 36.5 Å². The zero-order valence-electron chi connectivity index (χ0n) is 11.1. The lowest BCUT2D eigenvalue weighted by atomic mass is 10.2. The van der Waals surface area contributed by atoms with Crippen LogP contribution in [0, 0.1) is 0 Å². The zero-order valence-corrected chi connectivity index (χ0v) is 11.1. The number of aromatic nitrogens is 2. The van der Waals surface area contributed by atoms with Crippen molar-refractivity contribution in [3.8, 4) is 5.75 Å². The quantitative estimate of drug-likeness (QED) is 0.890. The largest absolute Gasteiger partial charge is 0.494 e.